The van der Waals surface area contributed by atoms with Crippen molar-refractivity contribution in [1.29, 1.82) is 0 Å². The number of aliphatic hydroxyl groups excluding tert-OH is 3. The summed E-state index contributed by atoms with van der Waals surface area (Å²) in [6.45, 7) is 7.08. The summed E-state index contributed by atoms with van der Waals surface area (Å²) in [4.78, 5) is 26.4. The Labute approximate surface area is 139 Å². The second-order valence-corrected chi connectivity index (χ2v) is 11.6. The molecule has 1 aromatic heterocycles. The molecule has 0 aliphatic carbocycles. The molecule has 132 valence electrons. The van der Waals surface area contributed by atoms with Crippen LogP contribution in [0.5, 0.6) is 0 Å². The molecular formula is C15H22N2O6Si. The van der Waals surface area contributed by atoms with Gasteiger partial charge in [-0.25, -0.2) is 4.79 Å². The first kappa shape index (κ1) is 18.6. The highest BCUT2D eigenvalue weighted by molar-refractivity contribution is 6.83. The van der Waals surface area contributed by atoms with Crippen LogP contribution in [0, 0.1) is 18.4 Å². The fourth-order valence-electron chi connectivity index (χ4n) is 2.45. The van der Waals surface area contributed by atoms with E-state index in [4.69, 9.17) is 4.74 Å². The van der Waals surface area contributed by atoms with E-state index in [0.717, 1.165) is 4.57 Å². The lowest BCUT2D eigenvalue weighted by molar-refractivity contribution is -0.0559. The molecule has 0 bridgehead atoms. The first-order valence-corrected chi connectivity index (χ1v) is 11.1. The highest BCUT2D eigenvalue weighted by Crippen LogP contribution is 2.29. The van der Waals surface area contributed by atoms with E-state index in [2.05, 4.69) is 16.4 Å². The molecule has 1 aromatic rings. The lowest BCUT2D eigenvalue weighted by Gasteiger charge is -2.20. The van der Waals surface area contributed by atoms with Gasteiger partial charge in [-0.05, 0) is 6.92 Å². The van der Waals surface area contributed by atoms with Crippen LogP contribution >= 0.6 is 0 Å². The number of rotatable bonds is 2. The molecular weight excluding hydrogens is 332 g/mol. The van der Waals surface area contributed by atoms with Crippen molar-refractivity contribution in [3.63, 3.8) is 0 Å². The van der Waals surface area contributed by atoms with E-state index in [1.165, 1.54) is 6.92 Å². The topological polar surface area (TPSA) is 125 Å². The van der Waals surface area contributed by atoms with Crippen molar-refractivity contribution in [1.82, 2.24) is 9.55 Å². The lowest BCUT2D eigenvalue weighted by atomic mass is 10.1. The average molecular weight is 354 g/mol. The minimum atomic E-state index is -1.74. The van der Waals surface area contributed by atoms with Crippen LogP contribution in [0.3, 0.4) is 0 Å². The smallest absolute Gasteiger partial charge is 0.330 e. The maximum atomic E-state index is 12.2. The fourth-order valence-corrected chi connectivity index (χ4v) is 2.95. The van der Waals surface area contributed by atoms with Crippen molar-refractivity contribution in [2.75, 3.05) is 6.61 Å². The molecule has 0 amide bonds. The van der Waals surface area contributed by atoms with Crippen LogP contribution in [-0.4, -0.2) is 57.9 Å². The van der Waals surface area contributed by atoms with E-state index >= 15 is 0 Å². The summed E-state index contributed by atoms with van der Waals surface area (Å²) in [6.07, 6.45) is -4.98. The Morgan fingerprint density at radius 3 is 2.38 bits per heavy atom. The lowest BCUT2D eigenvalue weighted by Crippen LogP contribution is -2.40. The molecule has 1 saturated heterocycles. The number of ether oxygens (including phenoxy) is 1. The van der Waals surface area contributed by atoms with E-state index in [9.17, 15) is 24.9 Å². The van der Waals surface area contributed by atoms with Crippen LogP contribution in [0.2, 0.25) is 19.6 Å². The van der Waals surface area contributed by atoms with Crippen molar-refractivity contribution in [2.24, 2.45) is 0 Å². The zero-order chi connectivity index (χ0) is 18.2. The molecule has 4 atom stereocenters. The van der Waals surface area contributed by atoms with Gasteiger partial charge in [-0.1, -0.05) is 25.6 Å². The van der Waals surface area contributed by atoms with Crippen molar-refractivity contribution in [3.05, 3.63) is 32.1 Å². The minimum absolute atomic E-state index is 0.120. The van der Waals surface area contributed by atoms with Gasteiger partial charge < -0.3 is 20.1 Å². The number of nitrogens with zero attached hydrogens (tertiary/aromatic N) is 1. The average Bonchev–Trinajstić information content (AvgIpc) is 2.73. The Morgan fingerprint density at radius 2 is 1.88 bits per heavy atom. The summed E-state index contributed by atoms with van der Waals surface area (Å²) < 4.78 is 6.43. The van der Waals surface area contributed by atoms with Gasteiger partial charge in [0.25, 0.3) is 5.56 Å². The summed E-state index contributed by atoms with van der Waals surface area (Å²) in [6, 6.07) is 0. The van der Waals surface area contributed by atoms with E-state index < -0.39 is 50.5 Å². The Morgan fingerprint density at radius 1 is 1.25 bits per heavy atom. The van der Waals surface area contributed by atoms with E-state index in [-0.39, 0.29) is 11.3 Å². The molecule has 1 aliphatic heterocycles. The maximum absolute atomic E-state index is 12.2. The number of aromatic amines is 1. The van der Waals surface area contributed by atoms with Gasteiger partial charge in [0.2, 0.25) is 0 Å². The van der Waals surface area contributed by atoms with Crippen molar-refractivity contribution >= 4 is 8.07 Å². The van der Waals surface area contributed by atoms with E-state index in [1.54, 1.807) is 0 Å². The van der Waals surface area contributed by atoms with Gasteiger partial charge in [0.1, 0.15) is 31.9 Å². The molecule has 0 saturated carbocycles. The molecule has 0 aromatic carbocycles. The molecule has 2 rings (SSSR count). The zero-order valence-corrected chi connectivity index (χ0v) is 15.0. The van der Waals surface area contributed by atoms with Crippen LogP contribution in [0.15, 0.2) is 9.59 Å². The standard InChI is InChI=1S/C15H22N2O6Si/c1-8-9(5-6-24(2,3)4)13(21)16-15(22)17(8)14-12(20)11(19)10(7-18)23-14/h10-12,14,18-20H,7H2,1-4H3,(H,16,21,22)/t10-,11-,12-,14-/m1/s1. The van der Waals surface area contributed by atoms with Gasteiger partial charge in [-0.3, -0.25) is 14.3 Å². The zero-order valence-electron chi connectivity index (χ0n) is 14.0. The second kappa shape index (κ2) is 6.66. The summed E-state index contributed by atoms with van der Waals surface area (Å²) in [7, 11) is -1.74. The quantitative estimate of drug-likeness (QED) is 0.386. The Bertz CT molecular complexity index is 797. The number of aromatic nitrogens is 2. The van der Waals surface area contributed by atoms with Gasteiger partial charge in [0.05, 0.1) is 6.61 Å². The van der Waals surface area contributed by atoms with Crippen molar-refractivity contribution in [2.45, 2.75) is 51.1 Å². The Hall–Kier alpha value is -1.70. The van der Waals surface area contributed by atoms with E-state index in [0.29, 0.717) is 0 Å². The maximum Gasteiger partial charge on any atom is 0.330 e. The van der Waals surface area contributed by atoms with Gasteiger partial charge in [-0.15, -0.1) is 5.54 Å². The fraction of sp³-hybridized carbons (Fsp3) is 0.600. The SMILES string of the molecule is Cc1c(C#C[Si](C)(C)C)c(=O)[nH]c(=O)n1[C@@H]1O[C@H](CO)[C@@H](O)[C@H]1O. The highest BCUT2D eigenvalue weighted by Gasteiger charge is 2.44. The first-order valence-electron chi connectivity index (χ1n) is 7.58. The minimum Gasteiger partial charge on any atom is -0.394 e. The number of aliphatic hydroxyl groups is 3. The predicted molar refractivity (Wildman–Crippen MR) is 89.3 cm³/mol. The third-order valence-corrected chi connectivity index (χ3v) is 4.60. The largest absolute Gasteiger partial charge is 0.394 e. The van der Waals surface area contributed by atoms with Crippen molar-refractivity contribution in [3.8, 4) is 11.5 Å². The molecule has 0 radical (unpaired) electrons. The molecule has 8 nitrogen and oxygen atoms in total. The normalized spacial score (nSPS) is 27.0. The Balaban J connectivity index is 2.58. The van der Waals surface area contributed by atoms with Crippen LogP contribution in [0.25, 0.3) is 0 Å². The summed E-state index contributed by atoms with van der Waals surface area (Å²) in [5.74, 6) is 2.82. The van der Waals surface area contributed by atoms with Gasteiger partial charge in [0, 0.05) is 5.69 Å². The van der Waals surface area contributed by atoms with E-state index in [1.807, 2.05) is 19.6 Å². The molecule has 24 heavy (non-hydrogen) atoms. The molecule has 1 aliphatic rings. The third-order valence-electron chi connectivity index (χ3n) is 3.72. The molecule has 4 N–H and O–H groups in total. The molecule has 0 unspecified atom stereocenters. The van der Waals surface area contributed by atoms with Crippen LogP contribution in [-0.2, 0) is 4.74 Å². The van der Waals surface area contributed by atoms with Gasteiger partial charge in [0.15, 0.2) is 6.23 Å². The summed E-state index contributed by atoms with van der Waals surface area (Å²) >= 11 is 0. The third kappa shape index (κ3) is 3.53. The number of H-pyrrole nitrogens is 1. The van der Waals surface area contributed by atoms with Crippen LogP contribution < -0.4 is 11.2 Å². The van der Waals surface area contributed by atoms with Crippen LogP contribution in [0.1, 0.15) is 17.5 Å². The summed E-state index contributed by atoms with van der Waals surface area (Å²) in [5, 5.41) is 29.1. The molecule has 2 heterocycles. The number of nitrogens with one attached hydrogen (secondary N) is 1. The number of hydrogen-bond acceptors (Lipinski definition) is 6. The van der Waals surface area contributed by atoms with Crippen molar-refractivity contribution < 1.29 is 20.1 Å². The second-order valence-electron chi connectivity index (χ2n) is 6.82. The number of hydrogen-bond donors (Lipinski definition) is 4. The predicted octanol–water partition coefficient (Wildman–Crippen LogP) is -1.31. The monoisotopic (exact) mass is 354 g/mol. The Kier molecular flexibility index (Phi) is 5.17. The van der Waals surface area contributed by atoms with Gasteiger partial charge in [-0.2, -0.15) is 0 Å². The highest BCUT2D eigenvalue weighted by atomic mass is 28.3. The molecule has 0 spiro atoms. The molecule has 1 fully saturated rings. The van der Waals surface area contributed by atoms with Gasteiger partial charge >= 0.3 is 5.69 Å². The van der Waals surface area contributed by atoms with Crippen LogP contribution in [0.4, 0.5) is 0 Å². The molecule has 9 heteroatoms. The first-order chi connectivity index (χ1) is 11.1. The summed E-state index contributed by atoms with van der Waals surface area (Å²) in [5.41, 5.74) is 2.04.